The van der Waals surface area contributed by atoms with Crippen LogP contribution in [0.1, 0.15) is 85.6 Å². The summed E-state index contributed by atoms with van der Waals surface area (Å²) in [5, 5.41) is 3.67. The van der Waals surface area contributed by atoms with Crippen molar-refractivity contribution in [2.75, 3.05) is 23.3 Å². The molecule has 1 aliphatic carbocycles. The second-order valence-electron chi connectivity index (χ2n) is 9.24. The standard InChI is InChI=1S/C26H32N2O.2C2H6/c1-5-7-10-18(6-2)24-20-12-11-19(28-13-8-9-14-28)15-21(20)27-22-16-26(3,4)17-23(29)25(22)24;2*1-2/h5-7,10-12,15,24,27H,1,8-9,13-14,16-17H2,2-4H3;2*1-2H3/b10-7-,18-6+;;. The number of nitrogens with zero attached hydrogens (tertiary/aromatic N) is 1. The van der Waals surface area contributed by atoms with E-state index in [1.165, 1.54) is 24.1 Å². The highest BCUT2D eigenvalue weighted by Crippen LogP contribution is 2.50. The molecule has 3 nitrogen and oxygen atoms in total. The number of Topliss-reactive ketones (excluding diaryl/α,β-unsaturated/α-hetero) is 1. The highest BCUT2D eigenvalue weighted by Gasteiger charge is 2.40. The maximum Gasteiger partial charge on any atom is 0.162 e. The van der Waals surface area contributed by atoms with Crippen molar-refractivity contribution < 1.29 is 4.79 Å². The largest absolute Gasteiger partial charge is 0.371 e. The lowest BCUT2D eigenvalue weighted by molar-refractivity contribution is -0.118. The van der Waals surface area contributed by atoms with Gasteiger partial charge in [0.05, 0.1) is 0 Å². The molecule has 3 heteroatoms. The Morgan fingerprint density at radius 3 is 2.39 bits per heavy atom. The molecule has 1 atom stereocenters. The highest BCUT2D eigenvalue weighted by molar-refractivity contribution is 6.02. The van der Waals surface area contributed by atoms with Crippen molar-refractivity contribution in [3.63, 3.8) is 0 Å². The Morgan fingerprint density at radius 1 is 1.12 bits per heavy atom. The molecule has 1 aromatic rings. The molecule has 0 bridgehead atoms. The van der Waals surface area contributed by atoms with Crippen LogP contribution in [0.5, 0.6) is 0 Å². The Morgan fingerprint density at radius 2 is 1.79 bits per heavy atom. The average molecular weight is 449 g/mol. The summed E-state index contributed by atoms with van der Waals surface area (Å²) in [6.07, 6.45) is 12.0. The Balaban J connectivity index is 0.000000914. The molecule has 0 saturated carbocycles. The number of anilines is 2. The van der Waals surface area contributed by atoms with Crippen LogP contribution in [0.2, 0.25) is 0 Å². The number of carbonyl (C=O) groups excluding carboxylic acids is 1. The molecule has 2 heterocycles. The van der Waals surface area contributed by atoms with Crippen LogP contribution in [0.25, 0.3) is 0 Å². The molecule has 0 radical (unpaired) electrons. The van der Waals surface area contributed by atoms with Crippen molar-refractivity contribution in [3.05, 3.63) is 71.5 Å². The van der Waals surface area contributed by atoms with Gasteiger partial charge in [0.2, 0.25) is 0 Å². The summed E-state index contributed by atoms with van der Waals surface area (Å²) in [5.41, 5.74) is 6.83. The molecule has 1 N–H and O–H groups in total. The number of ketones is 1. The van der Waals surface area contributed by atoms with E-state index in [1.54, 1.807) is 6.08 Å². The normalized spacial score (nSPS) is 21.3. The van der Waals surface area contributed by atoms with Crippen molar-refractivity contribution in [1.29, 1.82) is 0 Å². The number of benzene rings is 1. The van der Waals surface area contributed by atoms with Gasteiger partial charge in [0, 0.05) is 48.1 Å². The van der Waals surface area contributed by atoms with E-state index in [1.807, 2.05) is 33.8 Å². The van der Waals surface area contributed by atoms with Crippen LogP contribution >= 0.6 is 0 Å². The van der Waals surface area contributed by atoms with Crippen LogP contribution < -0.4 is 10.2 Å². The summed E-state index contributed by atoms with van der Waals surface area (Å²) in [7, 11) is 0. The third-order valence-corrected chi connectivity index (χ3v) is 6.40. The predicted octanol–water partition coefficient (Wildman–Crippen LogP) is 8.18. The van der Waals surface area contributed by atoms with E-state index in [9.17, 15) is 4.79 Å². The fraction of sp³-hybridized carbons (Fsp3) is 0.500. The van der Waals surface area contributed by atoms with Crippen LogP contribution in [0.4, 0.5) is 11.4 Å². The lowest BCUT2D eigenvalue weighted by Gasteiger charge is -2.40. The third kappa shape index (κ3) is 5.88. The second kappa shape index (κ2) is 12.1. The number of carbonyl (C=O) groups is 1. The molecule has 33 heavy (non-hydrogen) atoms. The van der Waals surface area contributed by atoms with Gasteiger partial charge in [-0.05, 0) is 54.9 Å². The van der Waals surface area contributed by atoms with Crippen LogP contribution in [0.15, 0.2) is 65.9 Å². The van der Waals surface area contributed by atoms with Gasteiger partial charge in [0.1, 0.15) is 0 Å². The van der Waals surface area contributed by atoms with Gasteiger partial charge in [-0.2, -0.15) is 0 Å². The lowest BCUT2D eigenvalue weighted by atomic mass is 9.68. The summed E-state index contributed by atoms with van der Waals surface area (Å²) in [6, 6.07) is 6.74. The number of hydrogen-bond donors (Lipinski definition) is 1. The fourth-order valence-electron chi connectivity index (χ4n) is 5.06. The van der Waals surface area contributed by atoms with Crippen LogP contribution in [0.3, 0.4) is 0 Å². The molecule has 1 unspecified atom stereocenters. The van der Waals surface area contributed by atoms with Crippen LogP contribution in [0, 0.1) is 5.41 Å². The summed E-state index contributed by atoms with van der Waals surface area (Å²) in [4.78, 5) is 15.7. The molecule has 1 aromatic carbocycles. The minimum Gasteiger partial charge on any atom is -0.371 e. The first-order valence-electron chi connectivity index (χ1n) is 12.8. The van der Waals surface area contributed by atoms with E-state index in [0.29, 0.717) is 6.42 Å². The van der Waals surface area contributed by atoms with Crippen molar-refractivity contribution in [2.24, 2.45) is 5.41 Å². The van der Waals surface area contributed by atoms with E-state index in [-0.39, 0.29) is 17.1 Å². The maximum absolute atomic E-state index is 13.3. The number of fused-ring (bicyclic) bond motifs is 1. The van der Waals surface area contributed by atoms with Crippen LogP contribution in [-0.4, -0.2) is 18.9 Å². The SMILES string of the molecule is C=C/C=C\C(=C/C)C1C2=C(CC(C)(C)CC2=O)Nc2cc(N3CCCC3)ccc21.CC.CC. The molecule has 4 rings (SSSR count). The minimum atomic E-state index is -0.0151. The molecule has 1 fully saturated rings. The monoisotopic (exact) mass is 448 g/mol. The average Bonchev–Trinajstić information content (AvgIpc) is 3.35. The summed E-state index contributed by atoms with van der Waals surface area (Å²) in [5.74, 6) is 0.257. The van der Waals surface area contributed by atoms with E-state index in [4.69, 9.17) is 0 Å². The first kappa shape index (κ1) is 26.7. The minimum absolute atomic E-state index is 0.00934. The number of nitrogens with one attached hydrogen (secondary N) is 1. The van der Waals surface area contributed by atoms with E-state index in [0.717, 1.165) is 42.0 Å². The molecule has 180 valence electrons. The van der Waals surface area contributed by atoms with Gasteiger partial charge in [0.15, 0.2) is 5.78 Å². The molecule has 3 aliphatic rings. The molecular formula is C30H44N2O. The number of rotatable bonds is 4. The lowest BCUT2D eigenvalue weighted by Crippen LogP contribution is -2.34. The van der Waals surface area contributed by atoms with Gasteiger partial charge in [-0.15, -0.1) is 0 Å². The van der Waals surface area contributed by atoms with E-state index < -0.39 is 0 Å². The summed E-state index contributed by atoms with van der Waals surface area (Å²) < 4.78 is 0. The highest BCUT2D eigenvalue weighted by atomic mass is 16.1. The summed E-state index contributed by atoms with van der Waals surface area (Å²) in [6.45, 7) is 20.5. The molecular weight excluding hydrogens is 404 g/mol. The Bertz CT molecular complexity index is 927. The maximum atomic E-state index is 13.3. The Labute approximate surface area is 202 Å². The van der Waals surface area contributed by atoms with Gasteiger partial charge >= 0.3 is 0 Å². The first-order valence-corrected chi connectivity index (χ1v) is 12.8. The van der Waals surface area contributed by atoms with Crippen molar-refractivity contribution in [2.45, 2.75) is 80.1 Å². The summed E-state index contributed by atoms with van der Waals surface area (Å²) >= 11 is 0. The van der Waals surface area contributed by atoms with Crippen molar-refractivity contribution in [3.8, 4) is 0 Å². The number of allylic oxidation sites excluding steroid dienone is 7. The molecule has 0 spiro atoms. The van der Waals surface area contributed by atoms with Crippen LogP contribution in [-0.2, 0) is 4.79 Å². The topological polar surface area (TPSA) is 32.3 Å². The predicted molar refractivity (Wildman–Crippen MR) is 145 cm³/mol. The van der Waals surface area contributed by atoms with Crippen molar-refractivity contribution in [1.82, 2.24) is 0 Å². The van der Waals surface area contributed by atoms with Gasteiger partial charge in [-0.3, -0.25) is 4.79 Å². The smallest absolute Gasteiger partial charge is 0.162 e. The van der Waals surface area contributed by atoms with Gasteiger partial charge < -0.3 is 10.2 Å². The van der Waals surface area contributed by atoms with E-state index in [2.05, 4.69) is 67.9 Å². The van der Waals surface area contributed by atoms with Gasteiger partial charge in [-0.25, -0.2) is 0 Å². The van der Waals surface area contributed by atoms with Gasteiger partial charge in [-0.1, -0.05) is 78.5 Å². The van der Waals surface area contributed by atoms with E-state index >= 15 is 0 Å². The second-order valence-corrected chi connectivity index (χ2v) is 9.24. The molecule has 0 aromatic heterocycles. The Kier molecular flexibility index (Phi) is 9.76. The number of hydrogen-bond acceptors (Lipinski definition) is 3. The first-order chi connectivity index (χ1) is 15.9. The zero-order chi connectivity index (χ0) is 24.6. The molecule has 1 saturated heterocycles. The molecule has 0 amide bonds. The van der Waals surface area contributed by atoms with Crippen molar-refractivity contribution >= 4 is 17.2 Å². The Hall–Kier alpha value is -2.55. The van der Waals surface area contributed by atoms with Gasteiger partial charge in [0.25, 0.3) is 0 Å². The zero-order valence-electron chi connectivity index (χ0n) is 21.9. The fourth-order valence-corrected chi connectivity index (χ4v) is 5.06. The quantitative estimate of drug-likeness (QED) is 0.471. The molecule has 2 aliphatic heterocycles. The zero-order valence-corrected chi connectivity index (χ0v) is 21.9. The third-order valence-electron chi connectivity index (χ3n) is 6.40.